The minimum atomic E-state index is -0.0569. The van der Waals surface area contributed by atoms with E-state index in [-0.39, 0.29) is 10.8 Å². The Bertz CT molecular complexity index is 4180. The van der Waals surface area contributed by atoms with Crippen molar-refractivity contribution in [1.82, 2.24) is 0 Å². The first-order valence-electron chi connectivity index (χ1n) is 25.5. The third-order valence-corrected chi connectivity index (χ3v) is 16.5. The van der Waals surface area contributed by atoms with Gasteiger partial charge in [-0.1, -0.05) is 137 Å². The molecule has 73 heavy (non-hydrogen) atoms. The Hall–Kier alpha value is -8.86. The first-order valence-corrected chi connectivity index (χ1v) is 25.5. The van der Waals surface area contributed by atoms with E-state index in [1.807, 2.05) is 0 Å². The molecule has 0 fully saturated rings. The second-order valence-corrected chi connectivity index (χ2v) is 21.4. The van der Waals surface area contributed by atoms with Crippen LogP contribution in [0.3, 0.4) is 0 Å². The summed E-state index contributed by atoms with van der Waals surface area (Å²) >= 11 is 0. The van der Waals surface area contributed by atoms with E-state index in [9.17, 15) is 0 Å². The van der Waals surface area contributed by atoms with Gasteiger partial charge in [0.25, 0.3) is 0 Å². The van der Waals surface area contributed by atoms with E-state index in [0.717, 1.165) is 105 Å². The zero-order valence-corrected chi connectivity index (χ0v) is 41.4. The number of aryl methyl sites for hydroxylation is 1. The molecular formula is C69H50N2O2. The summed E-state index contributed by atoms with van der Waals surface area (Å²) in [5.41, 5.74) is 21.7. The molecule has 13 aromatic rings. The molecule has 0 unspecified atom stereocenters. The average molecular weight is 939 g/mol. The van der Waals surface area contributed by atoms with E-state index in [4.69, 9.17) is 8.83 Å². The molecule has 0 saturated heterocycles. The SMILES string of the molecule is Cc1c2oc3cc4cc(N(c5ccccc5)c5ccc6c(c5)-c5ccccc5C6(C)C)ccc4cc3c2cc2c1oc1cc3cc(N(c4ccccc4)c4ccc5c(c4)-c4ccccc4C5(C)C)ccc3cc12. The molecule has 15 rings (SSSR count). The maximum Gasteiger partial charge on any atom is 0.142 e. The fraction of sp³-hybridized carbons (Fsp3) is 0.101. The number of rotatable bonds is 6. The molecule has 0 bridgehead atoms. The third kappa shape index (κ3) is 6.07. The lowest BCUT2D eigenvalue weighted by Crippen LogP contribution is -2.15. The Morgan fingerprint density at radius 1 is 0.301 bits per heavy atom. The van der Waals surface area contributed by atoms with Gasteiger partial charge < -0.3 is 18.6 Å². The molecule has 2 aromatic heterocycles. The summed E-state index contributed by atoms with van der Waals surface area (Å²) in [6.45, 7) is 11.5. The molecule has 4 heteroatoms. The van der Waals surface area contributed by atoms with Crippen molar-refractivity contribution in [1.29, 1.82) is 0 Å². The summed E-state index contributed by atoms with van der Waals surface area (Å²) in [6, 6.07) is 78.0. The van der Waals surface area contributed by atoms with Crippen molar-refractivity contribution in [3.05, 3.63) is 240 Å². The topological polar surface area (TPSA) is 32.8 Å². The van der Waals surface area contributed by atoms with Gasteiger partial charge in [0.05, 0.1) is 0 Å². The van der Waals surface area contributed by atoms with Gasteiger partial charge in [-0.05, 0) is 176 Å². The molecule has 0 N–H and O–H groups in total. The first kappa shape index (κ1) is 41.9. The molecule has 0 spiro atoms. The Morgan fingerprint density at radius 3 is 1.14 bits per heavy atom. The summed E-state index contributed by atoms with van der Waals surface area (Å²) in [7, 11) is 0. The van der Waals surface area contributed by atoms with Crippen LogP contribution in [0.15, 0.2) is 221 Å². The number of benzene rings is 11. The number of hydrogen-bond donors (Lipinski definition) is 0. The van der Waals surface area contributed by atoms with Gasteiger partial charge in [0.15, 0.2) is 0 Å². The summed E-state index contributed by atoms with van der Waals surface area (Å²) in [6.07, 6.45) is 0. The van der Waals surface area contributed by atoms with Crippen LogP contribution in [0.2, 0.25) is 0 Å². The van der Waals surface area contributed by atoms with Gasteiger partial charge in [-0.25, -0.2) is 0 Å². The van der Waals surface area contributed by atoms with Crippen LogP contribution in [0.25, 0.3) is 87.7 Å². The summed E-state index contributed by atoms with van der Waals surface area (Å²) in [5, 5.41) is 8.93. The first-order chi connectivity index (χ1) is 35.6. The van der Waals surface area contributed by atoms with Crippen LogP contribution in [0.4, 0.5) is 34.1 Å². The van der Waals surface area contributed by atoms with Crippen LogP contribution in [0.1, 0.15) is 55.5 Å². The smallest absolute Gasteiger partial charge is 0.142 e. The second kappa shape index (κ2) is 15.1. The van der Waals surface area contributed by atoms with Gasteiger partial charge >= 0.3 is 0 Å². The zero-order chi connectivity index (χ0) is 48.9. The fourth-order valence-electron chi connectivity index (χ4n) is 12.8. The lowest BCUT2D eigenvalue weighted by molar-refractivity contribution is 0.651. The molecular weight excluding hydrogens is 889 g/mol. The largest absolute Gasteiger partial charge is 0.456 e. The van der Waals surface area contributed by atoms with Gasteiger partial charge in [-0.3, -0.25) is 0 Å². The Balaban J connectivity index is 0.820. The van der Waals surface area contributed by atoms with Crippen molar-refractivity contribution >= 4 is 99.5 Å². The number of hydrogen-bond acceptors (Lipinski definition) is 4. The minimum Gasteiger partial charge on any atom is -0.456 e. The zero-order valence-electron chi connectivity index (χ0n) is 41.4. The van der Waals surface area contributed by atoms with Crippen LogP contribution >= 0.6 is 0 Å². The fourth-order valence-corrected chi connectivity index (χ4v) is 12.8. The highest BCUT2D eigenvalue weighted by atomic mass is 16.3. The summed E-state index contributed by atoms with van der Waals surface area (Å²) in [4.78, 5) is 4.75. The van der Waals surface area contributed by atoms with Gasteiger partial charge in [-0.15, -0.1) is 0 Å². The number of fused-ring (bicyclic) bond motifs is 14. The van der Waals surface area contributed by atoms with Crippen molar-refractivity contribution in [3.63, 3.8) is 0 Å². The lowest BCUT2D eigenvalue weighted by Gasteiger charge is -2.27. The van der Waals surface area contributed by atoms with Crippen molar-refractivity contribution in [3.8, 4) is 22.3 Å². The van der Waals surface area contributed by atoms with Gasteiger partial charge in [0, 0.05) is 72.1 Å². The molecule has 2 aliphatic rings. The normalized spacial score (nSPS) is 14.0. The van der Waals surface area contributed by atoms with Gasteiger partial charge in [0.2, 0.25) is 0 Å². The van der Waals surface area contributed by atoms with E-state index in [2.05, 4.69) is 257 Å². The molecule has 0 atom stereocenters. The average Bonchev–Trinajstić information content (AvgIpc) is 4.10. The maximum atomic E-state index is 6.85. The van der Waals surface area contributed by atoms with Crippen LogP contribution < -0.4 is 9.80 Å². The van der Waals surface area contributed by atoms with E-state index in [1.165, 1.54) is 44.5 Å². The van der Waals surface area contributed by atoms with Crippen molar-refractivity contribution < 1.29 is 8.83 Å². The molecule has 2 aliphatic carbocycles. The molecule has 11 aromatic carbocycles. The molecule has 0 radical (unpaired) electrons. The highest BCUT2D eigenvalue weighted by molar-refractivity contribution is 6.20. The predicted octanol–water partition coefficient (Wildman–Crippen LogP) is 19.7. The lowest BCUT2D eigenvalue weighted by atomic mass is 9.82. The Labute approximate surface area is 424 Å². The quantitative estimate of drug-likeness (QED) is 0.166. The molecule has 2 heterocycles. The molecule has 0 aliphatic heterocycles. The van der Waals surface area contributed by atoms with E-state index in [0.29, 0.717) is 0 Å². The summed E-state index contributed by atoms with van der Waals surface area (Å²) in [5.74, 6) is 0. The van der Waals surface area contributed by atoms with Crippen molar-refractivity contribution in [2.45, 2.75) is 45.4 Å². The Morgan fingerprint density at radius 2 is 0.685 bits per heavy atom. The summed E-state index contributed by atoms with van der Waals surface area (Å²) < 4.78 is 13.7. The molecule has 348 valence electrons. The highest BCUT2D eigenvalue weighted by Gasteiger charge is 2.37. The number of para-hydroxylation sites is 2. The third-order valence-electron chi connectivity index (χ3n) is 16.5. The number of nitrogens with zero attached hydrogens (tertiary/aromatic N) is 2. The second-order valence-electron chi connectivity index (χ2n) is 21.4. The number of anilines is 6. The van der Waals surface area contributed by atoms with Crippen LogP contribution in [-0.2, 0) is 10.8 Å². The van der Waals surface area contributed by atoms with Crippen LogP contribution in [0, 0.1) is 6.92 Å². The van der Waals surface area contributed by atoms with E-state index in [1.54, 1.807) is 0 Å². The Kier molecular flexibility index (Phi) is 8.65. The monoisotopic (exact) mass is 938 g/mol. The predicted molar refractivity (Wildman–Crippen MR) is 305 cm³/mol. The standard InChI is InChI=1S/C69H50N2O2/c1-41-66-58(56-34-42-24-26-48(32-44(42)36-64(56)72-66)70(46-16-8-6-9-17-46)50-28-30-62-54(38-50)52-20-12-14-22-60(52)68(62,2)3)40-59-57-35-43-25-27-49(33-45(43)37-65(57)73-67(41)59)71(47-18-10-7-11-19-47)51-29-31-63-55(39-51)53-21-13-15-23-61(53)69(63,4)5/h6-40H,1-5H3. The van der Waals surface area contributed by atoms with Crippen molar-refractivity contribution in [2.24, 2.45) is 0 Å². The van der Waals surface area contributed by atoms with Gasteiger partial charge in [0.1, 0.15) is 22.3 Å². The maximum absolute atomic E-state index is 6.85. The van der Waals surface area contributed by atoms with E-state index < -0.39 is 0 Å². The van der Waals surface area contributed by atoms with E-state index >= 15 is 0 Å². The molecule has 0 saturated carbocycles. The number of furan rings is 2. The molecule has 4 nitrogen and oxygen atoms in total. The van der Waals surface area contributed by atoms with Crippen molar-refractivity contribution in [2.75, 3.05) is 9.80 Å². The highest BCUT2D eigenvalue weighted by Crippen LogP contribution is 2.53. The minimum absolute atomic E-state index is 0.0569. The van der Waals surface area contributed by atoms with Gasteiger partial charge in [-0.2, -0.15) is 0 Å². The van der Waals surface area contributed by atoms with Crippen LogP contribution in [0.5, 0.6) is 0 Å². The molecule has 0 amide bonds. The van der Waals surface area contributed by atoms with Crippen LogP contribution in [-0.4, -0.2) is 0 Å².